The van der Waals surface area contributed by atoms with Crippen LogP contribution in [0.15, 0.2) is 36.7 Å². The number of rotatable bonds is 6. The van der Waals surface area contributed by atoms with Gasteiger partial charge in [0.15, 0.2) is 0 Å². The van der Waals surface area contributed by atoms with Gasteiger partial charge in [0.05, 0.1) is 16.8 Å². The Balaban J connectivity index is 2.07. The van der Waals surface area contributed by atoms with Crippen LogP contribution in [0.5, 0.6) is 0 Å². The summed E-state index contributed by atoms with van der Waals surface area (Å²) >= 11 is 0. The summed E-state index contributed by atoms with van der Waals surface area (Å²) in [5, 5.41) is 13.6. The van der Waals surface area contributed by atoms with Crippen molar-refractivity contribution in [3.8, 4) is 0 Å². The minimum atomic E-state index is -0.475. The zero-order chi connectivity index (χ0) is 15.2. The van der Waals surface area contributed by atoms with Gasteiger partial charge in [-0.3, -0.25) is 10.1 Å². The lowest BCUT2D eigenvalue weighted by atomic mass is 10.3. The molecule has 0 aliphatic heterocycles. The fraction of sp³-hybridized carbons (Fsp3) is 0.286. The van der Waals surface area contributed by atoms with Gasteiger partial charge in [-0.1, -0.05) is 0 Å². The molecule has 0 saturated carbocycles. The van der Waals surface area contributed by atoms with Crippen LogP contribution < -0.4 is 10.2 Å². The first-order valence-corrected chi connectivity index (χ1v) is 6.72. The smallest absolute Gasteiger partial charge is 0.287 e. The highest BCUT2D eigenvalue weighted by atomic mass is 16.6. The molecule has 1 N–H and O–H groups in total. The van der Waals surface area contributed by atoms with Crippen LogP contribution in [0.3, 0.4) is 0 Å². The van der Waals surface area contributed by atoms with Crippen molar-refractivity contribution in [3.05, 3.63) is 46.8 Å². The maximum Gasteiger partial charge on any atom is 0.287 e. The second-order valence-electron chi connectivity index (χ2n) is 4.36. The second kappa shape index (κ2) is 6.65. The van der Waals surface area contributed by atoms with Crippen molar-refractivity contribution in [2.75, 3.05) is 23.3 Å². The first-order valence-electron chi connectivity index (χ1n) is 6.72. The molecule has 0 amide bonds. The summed E-state index contributed by atoms with van der Waals surface area (Å²) in [6.07, 6.45) is 2.94. The minimum Gasteiger partial charge on any atom is -0.357 e. The van der Waals surface area contributed by atoms with Gasteiger partial charge in [0.2, 0.25) is 0 Å². The largest absolute Gasteiger partial charge is 0.357 e. The summed E-state index contributed by atoms with van der Waals surface area (Å²) in [7, 11) is 0. The van der Waals surface area contributed by atoms with E-state index in [2.05, 4.69) is 34.0 Å². The lowest BCUT2D eigenvalue weighted by molar-refractivity contribution is -0.385. The molecule has 2 heterocycles. The number of aromatic nitrogens is 2. The normalized spacial score (nSPS) is 10.2. The highest BCUT2D eigenvalue weighted by Crippen LogP contribution is 2.18. The van der Waals surface area contributed by atoms with Crippen molar-refractivity contribution in [2.45, 2.75) is 13.8 Å². The van der Waals surface area contributed by atoms with Crippen LogP contribution in [0, 0.1) is 10.1 Å². The second-order valence-corrected chi connectivity index (χ2v) is 4.36. The SMILES string of the molecule is CCN(CC)c1ccc(Nc2ccc([N+](=O)[O-])cn2)cn1. The van der Waals surface area contributed by atoms with Crippen molar-refractivity contribution in [1.82, 2.24) is 9.97 Å². The number of anilines is 3. The minimum absolute atomic E-state index is 0.0319. The van der Waals surface area contributed by atoms with Crippen molar-refractivity contribution in [2.24, 2.45) is 0 Å². The topological polar surface area (TPSA) is 84.2 Å². The summed E-state index contributed by atoms with van der Waals surface area (Å²) in [6, 6.07) is 6.81. The summed E-state index contributed by atoms with van der Waals surface area (Å²) < 4.78 is 0. The molecule has 0 unspecified atom stereocenters. The van der Waals surface area contributed by atoms with Gasteiger partial charge >= 0.3 is 0 Å². The van der Waals surface area contributed by atoms with Crippen LogP contribution >= 0.6 is 0 Å². The van der Waals surface area contributed by atoms with E-state index < -0.39 is 4.92 Å². The molecule has 0 bridgehead atoms. The Morgan fingerprint density at radius 3 is 2.38 bits per heavy atom. The van der Waals surface area contributed by atoms with Gasteiger partial charge in [0, 0.05) is 19.2 Å². The van der Waals surface area contributed by atoms with Crippen LogP contribution in [0.1, 0.15) is 13.8 Å². The Hall–Kier alpha value is -2.70. The van der Waals surface area contributed by atoms with Gasteiger partial charge in [-0.05, 0) is 32.0 Å². The van der Waals surface area contributed by atoms with Crippen molar-refractivity contribution >= 4 is 23.0 Å². The van der Waals surface area contributed by atoms with Crippen molar-refractivity contribution in [3.63, 3.8) is 0 Å². The Labute approximate surface area is 122 Å². The molecule has 110 valence electrons. The molecule has 0 aliphatic carbocycles. The Kier molecular flexibility index (Phi) is 4.65. The molecule has 0 atom stereocenters. The van der Waals surface area contributed by atoms with Gasteiger partial charge in [-0.2, -0.15) is 0 Å². The fourth-order valence-corrected chi connectivity index (χ4v) is 1.91. The van der Waals surface area contributed by atoms with E-state index in [1.807, 2.05) is 12.1 Å². The Morgan fingerprint density at radius 1 is 1.14 bits per heavy atom. The third kappa shape index (κ3) is 3.65. The predicted octanol–water partition coefficient (Wildman–Crippen LogP) is 2.97. The number of hydrogen-bond donors (Lipinski definition) is 1. The van der Waals surface area contributed by atoms with Crippen LogP contribution in [0.4, 0.5) is 23.0 Å². The number of nitro groups is 1. The third-order valence-corrected chi connectivity index (χ3v) is 3.07. The maximum absolute atomic E-state index is 10.6. The van der Waals surface area contributed by atoms with Gasteiger partial charge < -0.3 is 10.2 Å². The molecular weight excluding hydrogens is 270 g/mol. The molecule has 7 nitrogen and oxygen atoms in total. The maximum atomic E-state index is 10.6. The summed E-state index contributed by atoms with van der Waals surface area (Å²) in [6.45, 7) is 5.97. The zero-order valence-corrected chi connectivity index (χ0v) is 12.0. The van der Waals surface area contributed by atoms with Gasteiger partial charge in [0.1, 0.15) is 17.8 Å². The molecule has 0 fully saturated rings. The number of hydrogen-bond acceptors (Lipinski definition) is 6. The molecule has 0 aliphatic rings. The highest BCUT2D eigenvalue weighted by molar-refractivity contribution is 5.57. The lowest BCUT2D eigenvalue weighted by Gasteiger charge is -2.19. The van der Waals surface area contributed by atoms with Crippen molar-refractivity contribution < 1.29 is 4.92 Å². The Morgan fingerprint density at radius 2 is 1.90 bits per heavy atom. The zero-order valence-electron chi connectivity index (χ0n) is 12.0. The van der Waals surface area contributed by atoms with Crippen LogP contribution in [0.25, 0.3) is 0 Å². The first-order chi connectivity index (χ1) is 10.1. The Bertz CT molecular complexity index is 594. The van der Waals surface area contributed by atoms with Gasteiger partial charge in [0.25, 0.3) is 5.69 Å². The van der Waals surface area contributed by atoms with E-state index >= 15 is 0 Å². The van der Waals surface area contributed by atoms with E-state index in [0.29, 0.717) is 5.82 Å². The fourth-order valence-electron chi connectivity index (χ4n) is 1.91. The molecule has 21 heavy (non-hydrogen) atoms. The first kappa shape index (κ1) is 14.7. The van der Waals surface area contributed by atoms with E-state index in [1.165, 1.54) is 12.3 Å². The number of pyridine rings is 2. The lowest BCUT2D eigenvalue weighted by Crippen LogP contribution is -2.22. The van der Waals surface area contributed by atoms with Crippen LogP contribution in [-0.4, -0.2) is 28.0 Å². The van der Waals surface area contributed by atoms with E-state index in [4.69, 9.17) is 0 Å². The van der Waals surface area contributed by atoms with E-state index in [1.54, 1.807) is 12.3 Å². The molecule has 0 saturated heterocycles. The average Bonchev–Trinajstić information content (AvgIpc) is 2.51. The van der Waals surface area contributed by atoms with Crippen LogP contribution in [-0.2, 0) is 0 Å². The third-order valence-electron chi connectivity index (χ3n) is 3.07. The molecule has 2 aromatic rings. The van der Waals surface area contributed by atoms with E-state index in [9.17, 15) is 10.1 Å². The van der Waals surface area contributed by atoms with Crippen molar-refractivity contribution in [1.29, 1.82) is 0 Å². The molecular formula is C14H17N5O2. The predicted molar refractivity (Wildman–Crippen MR) is 82.0 cm³/mol. The quantitative estimate of drug-likeness (QED) is 0.649. The number of nitrogens with one attached hydrogen (secondary N) is 1. The van der Waals surface area contributed by atoms with E-state index in [-0.39, 0.29) is 5.69 Å². The molecule has 0 aromatic carbocycles. The molecule has 0 radical (unpaired) electrons. The number of nitrogens with zero attached hydrogens (tertiary/aromatic N) is 4. The highest BCUT2D eigenvalue weighted by Gasteiger charge is 2.06. The molecule has 7 heteroatoms. The monoisotopic (exact) mass is 287 g/mol. The van der Waals surface area contributed by atoms with Gasteiger partial charge in [-0.25, -0.2) is 9.97 Å². The molecule has 2 aromatic heterocycles. The van der Waals surface area contributed by atoms with E-state index in [0.717, 1.165) is 24.6 Å². The summed E-state index contributed by atoms with van der Waals surface area (Å²) in [4.78, 5) is 20.6. The van der Waals surface area contributed by atoms with Gasteiger partial charge in [-0.15, -0.1) is 0 Å². The summed E-state index contributed by atoms with van der Waals surface area (Å²) in [5.41, 5.74) is 0.753. The average molecular weight is 287 g/mol. The molecule has 0 spiro atoms. The van der Waals surface area contributed by atoms with Crippen LogP contribution in [0.2, 0.25) is 0 Å². The molecule has 2 rings (SSSR count). The standard InChI is InChI=1S/C14H17N5O2/c1-3-18(4-2)14-8-5-11(9-16-14)17-13-7-6-12(10-15-13)19(20)21/h5-10H,3-4H2,1-2H3,(H,15,17). The summed E-state index contributed by atoms with van der Waals surface area (Å²) in [5.74, 6) is 1.46.